The first-order valence-corrected chi connectivity index (χ1v) is 6.15. The van der Waals surface area contributed by atoms with E-state index in [1.54, 1.807) is 0 Å². The second-order valence-corrected chi connectivity index (χ2v) is 4.32. The van der Waals surface area contributed by atoms with Gasteiger partial charge in [-0.1, -0.05) is 33.6 Å². The molecular weight excluding hydrogens is 313 g/mol. The van der Waals surface area contributed by atoms with Crippen LogP contribution in [0.1, 0.15) is 46.5 Å². The van der Waals surface area contributed by atoms with Crippen LogP contribution in [0.25, 0.3) is 0 Å². The largest absolute Gasteiger partial charge is 0.356 e. The van der Waals surface area contributed by atoms with Crippen molar-refractivity contribution >= 4 is 29.9 Å². The Hall–Kier alpha value is 0. The molecule has 4 heteroatoms. The van der Waals surface area contributed by atoms with Crippen molar-refractivity contribution in [1.29, 1.82) is 0 Å². The van der Waals surface area contributed by atoms with E-state index in [0.29, 0.717) is 0 Å². The molecule has 0 atom stereocenters. The predicted octanol–water partition coefficient (Wildman–Crippen LogP) is 3.01. The average Bonchev–Trinajstić information content (AvgIpc) is 2.21. The van der Waals surface area contributed by atoms with Crippen molar-refractivity contribution in [2.75, 3.05) is 20.1 Å². The standard InChI is InChI=1S/C12H27N3.HI/c1-5-6-7-9-14-12(13-4)15-10-8-11(2)3;/h11H,5-10H2,1-4H3,(H2,13,14,15);1H. The maximum absolute atomic E-state index is 4.18. The van der Waals surface area contributed by atoms with Crippen LogP contribution in [-0.2, 0) is 0 Å². The number of guanidine groups is 1. The zero-order valence-electron chi connectivity index (χ0n) is 11.2. The van der Waals surface area contributed by atoms with Gasteiger partial charge < -0.3 is 10.6 Å². The van der Waals surface area contributed by atoms with E-state index >= 15 is 0 Å². The van der Waals surface area contributed by atoms with Crippen LogP contribution in [0.15, 0.2) is 4.99 Å². The van der Waals surface area contributed by atoms with Gasteiger partial charge in [-0.05, 0) is 18.8 Å². The first kappa shape index (κ1) is 18.4. The van der Waals surface area contributed by atoms with E-state index in [1.165, 1.54) is 25.7 Å². The molecule has 0 spiro atoms. The molecule has 0 aromatic heterocycles. The van der Waals surface area contributed by atoms with E-state index in [0.717, 1.165) is 25.0 Å². The molecule has 3 nitrogen and oxygen atoms in total. The van der Waals surface area contributed by atoms with Gasteiger partial charge in [-0.25, -0.2) is 0 Å². The van der Waals surface area contributed by atoms with Crippen molar-refractivity contribution in [1.82, 2.24) is 10.6 Å². The zero-order chi connectivity index (χ0) is 11.5. The highest BCUT2D eigenvalue weighted by Crippen LogP contribution is 1.96. The summed E-state index contributed by atoms with van der Waals surface area (Å²) in [4.78, 5) is 4.18. The molecule has 0 amide bonds. The highest BCUT2D eigenvalue weighted by molar-refractivity contribution is 14.0. The molecule has 0 heterocycles. The zero-order valence-corrected chi connectivity index (χ0v) is 13.5. The summed E-state index contributed by atoms with van der Waals surface area (Å²) in [6.45, 7) is 8.72. The molecule has 0 aliphatic heterocycles. The van der Waals surface area contributed by atoms with Crippen LogP contribution in [0.5, 0.6) is 0 Å². The van der Waals surface area contributed by atoms with Gasteiger partial charge in [0, 0.05) is 20.1 Å². The minimum atomic E-state index is 0. The Morgan fingerprint density at radius 2 is 1.75 bits per heavy atom. The molecule has 0 saturated carbocycles. The molecule has 98 valence electrons. The highest BCUT2D eigenvalue weighted by atomic mass is 127. The number of hydrogen-bond donors (Lipinski definition) is 2. The summed E-state index contributed by atoms with van der Waals surface area (Å²) >= 11 is 0. The van der Waals surface area contributed by atoms with Gasteiger partial charge in [0.2, 0.25) is 0 Å². The maximum Gasteiger partial charge on any atom is 0.190 e. The van der Waals surface area contributed by atoms with E-state index < -0.39 is 0 Å². The van der Waals surface area contributed by atoms with Crippen LogP contribution in [0.3, 0.4) is 0 Å². The molecule has 0 aliphatic rings. The molecule has 0 bridgehead atoms. The van der Waals surface area contributed by atoms with Crippen LogP contribution in [0.4, 0.5) is 0 Å². The smallest absolute Gasteiger partial charge is 0.190 e. The number of hydrogen-bond acceptors (Lipinski definition) is 1. The van der Waals surface area contributed by atoms with Crippen molar-refractivity contribution in [3.05, 3.63) is 0 Å². The van der Waals surface area contributed by atoms with Gasteiger partial charge in [-0.15, -0.1) is 24.0 Å². The first-order chi connectivity index (χ1) is 7.20. The minimum absolute atomic E-state index is 0. The highest BCUT2D eigenvalue weighted by Gasteiger charge is 1.97. The van der Waals surface area contributed by atoms with E-state index in [2.05, 4.69) is 36.4 Å². The number of aliphatic imine (C=N–C) groups is 1. The van der Waals surface area contributed by atoms with Crippen molar-refractivity contribution in [3.63, 3.8) is 0 Å². The Balaban J connectivity index is 0. The number of nitrogens with zero attached hydrogens (tertiary/aromatic N) is 1. The summed E-state index contributed by atoms with van der Waals surface area (Å²) in [6, 6.07) is 0. The number of rotatable bonds is 7. The van der Waals surface area contributed by atoms with Crippen LogP contribution in [0.2, 0.25) is 0 Å². The first-order valence-electron chi connectivity index (χ1n) is 6.15. The van der Waals surface area contributed by atoms with E-state index in [9.17, 15) is 0 Å². The third-order valence-electron chi connectivity index (χ3n) is 2.31. The number of unbranched alkanes of at least 4 members (excludes halogenated alkanes) is 2. The third-order valence-corrected chi connectivity index (χ3v) is 2.31. The molecule has 16 heavy (non-hydrogen) atoms. The summed E-state index contributed by atoms with van der Waals surface area (Å²) in [7, 11) is 1.82. The summed E-state index contributed by atoms with van der Waals surface area (Å²) in [6.07, 6.45) is 4.97. The molecule has 2 N–H and O–H groups in total. The topological polar surface area (TPSA) is 36.4 Å². The maximum atomic E-state index is 4.18. The summed E-state index contributed by atoms with van der Waals surface area (Å²) in [5.74, 6) is 1.68. The van der Waals surface area contributed by atoms with Crippen molar-refractivity contribution < 1.29 is 0 Å². The fourth-order valence-corrected chi connectivity index (χ4v) is 1.28. The molecule has 0 aromatic rings. The monoisotopic (exact) mass is 341 g/mol. The van der Waals surface area contributed by atoms with Crippen molar-refractivity contribution in [2.45, 2.75) is 46.5 Å². The van der Waals surface area contributed by atoms with Crippen LogP contribution in [0, 0.1) is 5.92 Å². The Kier molecular flexibility index (Phi) is 15.0. The fourth-order valence-electron chi connectivity index (χ4n) is 1.28. The van der Waals surface area contributed by atoms with Gasteiger partial charge in [0.05, 0.1) is 0 Å². The normalized spacial score (nSPS) is 11.2. The SMILES string of the molecule is CCCCCNC(=NC)NCCC(C)C.I. The predicted molar refractivity (Wildman–Crippen MR) is 83.8 cm³/mol. The fraction of sp³-hybridized carbons (Fsp3) is 0.917. The second kappa shape index (κ2) is 13.1. The summed E-state index contributed by atoms with van der Waals surface area (Å²) in [5.41, 5.74) is 0. The summed E-state index contributed by atoms with van der Waals surface area (Å²) in [5, 5.41) is 6.63. The lowest BCUT2D eigenvalue weighted by atomic mass is 10.1. The Morgan fingerprint density at radius 3 is 2.25 bits per heavy atom. The number of nitrogens with one attached hydrogen (secondary N) is 2. The molecule has 0 unspecified atom stereocenters. The van der Waals surface area contributed by atoms with Gasteiger partial charge >= 0.3 is 0 Å². The third kappa shape index (κ3) is 12.1. The Labute approximate surface area is 118 Å². The van der Waals surface area contributed by atoms with Gasteiger partial charge in [0.1, 0.15) is 0 Å². The van der Waals surface area contributed by atoms with Gasteiger partial charge in [0.15, 0.2) is 5.96 Å². The molecule has 0 aliphatic carbocycles. The molecule has 0 fully saturated rings. The van der Waals surface area contributed by atoms with Crippen LogP contribution >= 0.6 is 24.0 Å². The lowest BCUT2D eigenvalue weighted by Crippen LogP contribution is -2.38. The lowest BCUT2D eigenvalue weighted by molar-refractivity contribution is 0.572. The molecule has 0 rings (SSSR count). The van der Waals surface area contributed by atoms with E-state index in [4.69, 9.17) is 0 Å². The van der Waals surface area contributed by atoms with Gasteiger partial charge in [-0.2, -0.15) is 0 Å². The quantitative estimate of drug-likeness (QED) is 0.323. The lowest BCUT2D eigenvalue weighted by Gasteiger charge is -2.12. The minimum Gasteiger partial charge on any atom is -0.356 e. The Morgan fingerprint density at radius 1 is 1.12 bits per heavy atom. The van der Waals surface area contributed by atoms with Gasteiger partial charge in [0.25, 0.3) is 0 Å². The Bertz CT molecular complexity index is 170. The van der Waals surface area contributed by atoms with Crippen LogP contribution < -0.4 is 10.6 Å². The average molecular weight is 341 g/mol. The summed E-state index contributed by atoms with van der Waals surface area (Å²) < 4.78 is 0. The van der Waals surface area contributed by atoms with E-state index in [1.807, 2.05) is 7.05 Å². The van der Waals surface area contributed by atoms with Crippen molar-refractivity contribution in [2.24, 2.45) is 10.9 Å². The van der Waals surface area contributed by atoms with Gasteiger partial charge in [-0.3, -0.25) is 4.99 Å². The molecular formula is C12H28IN3. The van der Waals surface area contributed by atoms with Crippen molar-refractivity contribution in [3.8, 4) is 0 Å². The number of halogens is 1. The van der Waals surface area contributed by atoms with Crippen LogP contribution in [-0.4, -0.2) is 26.1 Å². The molecule has 0 aromatic carbocycles. The van der Waals surface area contributed by atoms with E-state index in [-0.39, 0.29) is 24.0 Å². The molecule has 0 radical (unpaired) electrons. The molecule has 0 saturated heterocycles. The second-order valence-electron chi connectivity index (χ2n) is 4.32.